The quantitative estimate of drug-likeness (QED) is 0.522. The lowest BCUT2D eigenvalue weighted by atomic mass is 10.0. The molecule has 0 aliphatic heterocycles. The molecule has 4 nitrogen and oxygen atoms in total. The van der Waals surface area contributed by atoms with E-state index in [1.54, 1.807) is 19.1 Å². The van der Waals surface area contributed by atoms with Crippen LogP contribution in [-0.4, -0.2) is 14.1 Å². The number of hydrogen-bond donors (Lipinski definition) is 1. The predicted octanol–water partition coefficient (Wildman–Crippen LogP) is 4.30. The molecule has 3 aromatic carbocycles. The first-order valence-corrected chi connectivity index (χ1v) is 9.54. The van der Waals surface area contributed by atoms with Gasteiger partial charge >= 0.3 is 0 Å². The molecule has 3 aromatic rings. The van der Waals surface area contributed by atoms with Crippen molar-refractivity contribution < 1.29 is 8.42 Å². The van der Waals surface area contributed by atoms with E-state index in [1.165, 1.54) is 12.1 Å². The van der Waals surface area contributed by atoms with Gasteiger partial charge in [-0.25, -0.2) is 0 Å². The van der Waals surface area contributed by atoms with E-state index in [0.717, 1.165) is 20.8 Å². The van der Waals surface area contributed by atoms with Crippen molar-refractivity contribution in [2.75, 3.05) is 0 Å². The molecule has 0 saturated carbocycles. The van der Waals surface area contributed by atoms with E-state index in [2.05, 4.69) is 25.9 Å². The second-order valence-electron chi connectivity index (χ2n) is 5.31. The molecule has 0 aromatic heterocycles. The Balaban J connectivity index is 1.85. The highest BCUT2D eigenvalue weighted by molar-refractivity contribution is 9.10. The van der Waals surface area contributed by atoms with E-state index >= 15 is 0 Å². The molecule has 0 aliphatic carbocycles. The van der Waals surface area contributed by atoms with Gasteiger partial charge in [0.1, 0.15) is 0 Å². The Morgan fingerprint density at radius 1 is 0.958 bits per heavy atom. The number of nitrogens with zero attached hydrogens (tertiary/aromatic N) is 1. The summed E-state index contributed by atoms with van der Waals surface area (Å²) < 4.78 is 25.3. The summed E-state index contributed by atoms with van der Waals surface area (Å²) in [4.78, 5) is 2.45. The second kappa shape index (κ2) is 6.75. The van der Waals surface area contributed by atoms with Gasteiger partial charge < -0.3 is 0 Å². The maximum Gasteiger partial charge on any atom is 0.276 e. The number of nitrogens with one attached hydrogen (secondary N) is 1. The molecule has 0 spiro atoms. The van der Waals surface area contributed by atoms with Gasteiger partial charge in [0.25, 0.3) is 10.0 Å². The van der Waals surface area contributed by atoms with E-state index in [1.807, 2.05) is 42.5 Å². The van der Waals surface area contributed by atoms with Crippen LogP contribution in [0, 0.1) is 0 Å². The topological polar surface area (TPSA) is 58.5 Å². The lowest BCUT2D eigenvalue weighted by Gasteiger charge is -2.06. The summed E-state index contributed by atoms with van der Waals surface area (Å²) in [5.74, 6) is 0. The first-order valence-electron chi connectivity index (χ1n) is 7.26. The molecule has 1 N–H and O–H groups in total. The fourth-order valence-electron chi connectivity index (χ4n) is 2.27. The van der Waals surface area contributed by atoms with Crippen molar-refractivity contribution in [3.05, 3.63) is 76.8 Å². The van der Waals surface area contributed by atoms with Gasteiger partial charge in [-0.05, 0) is 53.6 Å². The van der Waals surface area contributed by atoms with Crippen LogP contribution >= 0.6 is 15.9 Å². The first kappa shape index (κ1) is 16.7. The molecular formula is C18H15BrN2O2S. The summed E-state index contributed by atoms with van der Waals surface area (Å²) in [6.45, 7) is 1.77. The van der Waals surface area contributed by atoms with Crippen LogP contribution in [0.2, 0.25) is 0 Å². The molecule has 0 fully saturated rings. The zero-order chi connectivity index (χ0) is 17.2. The monoisotopic (exact) mass is 402 g/mol. The Morgan fingerprint density at radius 3 is 2.33 bits per heavy atom. The third kappa shape index (κ3) is 3.66. The van der Waals surface area contributed by atoms with E-state index < -0.39 is 10.0 Å². The van der Waals surface area contributed by atoms with Crippen LogP contribution in [-0.2, 0) is 10.0 Å². The Labute approximate surface area is 149 Å². The first-order chi connectivity index (χ1) is 11.5. The highest BCUT2D eigenvalue weighted by atomic mass is 79.9. The summed E-state index contributed by atoms with van der Waals surface area (Å²) in [7, 11) is -3.68. The fourth-order valence-corrected chi connectivity index (χ4v) is 3.40. The van der Waals surface area contributed by atoms with Crippen LogP contribution in [0.4, 0.5) is 0 Å². The molecule has 6 heteroatoms. The van der Waals surface area contributed by atoms with Crippen molar-refractivity contribution in [2.24, 2.45) is 5.10 Å². The highest BCUT2D eigenvalue weighted by Crippen LogP contribution is 2.17. The molecular weight excluding hydrogens is 388 g/mol. The molecule has 122 valence electrons. The van der Waals surface area contributed by atoms with Crippen molar-refractivity contribution >= 4 is 42.4 Å². The van der Waals surface area contributed by atoms with E-state index in [9.17, 15) is 8.42 Å². The summed E-state index contributed by atoms with van der Waals surface area (Å²) in [6, 6.07) is 20.3. The van der Waals surface area contributed by atoms with Crippen molar-refractivity contribution in [1.82, 2.24) is 4.83 Å². The van der Waals surface area contributed by atoms with Crippen molar-refractivity contribution in [2.45, 2.75) is 11.8 Å². The summed E-state index contributed by atoms with van der Waals surface area (Å²) >= 11 is 3.28. The van der Waals surface area contributed by atoms with Crippen LogP contribution in [0.25, 0.3) is 10.8 Å². The minimum absolute atomic E-state index is 0.167. The zero-order valence-corrected chi connectivity index (χ0v) is 15.3. The van der Waals surface area contributed by atoms with Gasteiger partial charge in [0.15, 0.2) is 0 Å². The van der Waals surface area contributed by atoms with Gasteiger partial charge in [-0.2, -0.15) is 18.4 Å². The summed E-state index contributed by atoms with van der Waals surface area (Å²) in [5, 5.41) is 6.25. The van der Waals surface area contributed by atoms with Crippen molar-refractivity contribution in [3.8, 4) is 0 Å². The Morgan fingerprint density at radius 2 is 1.62 bits per heavy atom. The number of fused-ring (bicyclic) bond motifs is 1. The van der Waals surface area contributed by atoms with Gasteiger partial charge in [-0.3, -0.25) is 0 Å². The molecule has 3 rings (SSSR count). The third-order valence-corrected chi connectivity index (χ3v) is 5.38. The molecule has 24 heavy (non-hydrogen) atoms. The molecule has 0 unspecified atom stereocenters. The number of sulfonamides is 1. The minimum Gasteiger partial charge on any atom is -0.200 e. The standard InChI is InChI=1S/C18H15BrN2O2S/c1-13(15-7-6-14-4-2-3-5-16(14)12-15)20-21-24(22,23)18-10-8-17(19)9-11-18/h2-12,21H,1H3/b20-13+. The Hall–Kier alpha value is -2.18. The Kier molecular flexibility index (Phi) is 4.69. The number of benzene rings is 3. The predicted molar refractivity (Wildman–Crippen MR) is 101 cm³/mol. The number of rotatable bonds is 4. The molecule has 0 amide bonds. The number of hydrazone groups is 1. The molecule has 0 bridgehead atoms. The average molecular weight is 403 g/mol. The highest BCUT2D eigenvalue weighted by Gasteiger charge is 2.12. The minimum atomic E-state index is -3.68. The maximum atomic E-state index is 12.3. The lowest BCUT2D eigenvalue weighted by molar-refractivity contribution is 0.584. The van der Waals surface area contributed by atoms with E-state index in [4.69, 9.17) is 0 Å². The molecule has 0 heterocycles. The van der Waals surface area contributed by atoms with Gasteiger partial charge in [-0.1, -0.05) is 52.3 Å². The summed E-state index contributed by atoms with van der Waals surface area (Å²) in [6.07, 6.45) is 0. The zero-order valence-electron chi connectivity index (χ0n) is 12.9. The van der Waals surface area contributed by atoms with E-state index in [-0.39, 0.29) is 4.90 Å². The van der Waals surface area contributed by atoms with Gasteiger partial charge in [0, 0.05) is 4.47 Å². The lowest BCUT2D eigenvalue weighted by Crippen LogP contribution is -2.19. The third-order valence-electron chi connectivity index (χ3n) is 3.62. The average Bonchev–Trinajstić information content (AvgIpc) is 2.59. The maximum absolute atomic E-state index is 12.3. The SMILES string of the molecule is C/C(=N\NS(=O)(=O)c1ccc(Br)cc1)c1ccc2ccccc2c1. The van der Waals surface area contributed by atoms with E-state index in [0.29, 0.717) is 5.71 Å². The van der Waals surface area contributed by atoms with Crippen LogP contribution in [0.3, 0.4) is 0 Å². The molecule has 0 aliphatic rings. The van der Waals surface area contributed by atoms with Crippen LogP contribution in [0.15, 0.2) is 81.2 Å². The Bertz CT molecular complexity index is 1010. The molecule has 0 radical (unpaired) electrons. The molecule has 0 atom stereocenters. The van der Waals surface area contributed by atoms with Gasteiger partial charge in [0.2, 0.25) is 0 Å². The largest absolute Gasteiger partial charge is 0.276 e. The van der Waals surface area contributed by atoms with Crippen LogP contribution < -0.4 is 4.83 Å². The van der Waals surface area contributed by atoms with Gasteiger partial charge in [-0.15, -0.1) is 0 Å². The normalized spacial score (nSPS) is 12.3. The van der Waals surface area contributed by atoms with Crippen molar-refractivity contribution in [3.63, 3.8) is 0 Å². The number of hydrogen-bond acceptors (Lipinski definition) is 3. The molecule has 0 saturated heterocycles. The van der Waals surface area contributed by atoms with Crippen LogP contribution in [0.5, 0.6) is 0 Å². The van der Waals surface area contributed by atoms with Crippen LogP contribution in [0.1, 0.15) is 12.5 Å². The van der Waals surface area contributed by atoms with Crippen molar-refractivity contribution in [1.29, 1.82) is 0 Å². The second-order valence-corrected chi connectivity index (χ2v) is 7.88. The summed E-state index contributed by atoms with van der Waals surface area (Å²) in [5.41, 5.74) is 1.47. The smallest absolute Gasteiger partial charge is 0.200 e. The number of halogens is 1. The van der Waals surface area contributed by atoms with Gasteiger partial charge in [0.05, 0.1) is 10.6 Å². The fraction of sp³-hybridized carbons (Fsp3) is 0.0556.